The van der Waals surface area contributed by atoms with Crippen molar-refractivity contribution >= 4 is 16.7 Å². The van der Waals surface area contributed by atoms with Crippen LogP contribution in [0.2, 0.25) is 0 Å². The Morgan fingerprint density at radius 3 is 2.39 bits per heavy atom. The van der Waals surface area contributed by atoms with Gasteiger partial charge in [0.2, 0.25) is 0 Å². The van der Waals surface area contributed by atoms with Gasteiger partial charge >= 0.3 is 0 Å². The molecule has 3 aromatic heterocycles. The fourth-order valence-electron chi connectivity index (χ4n) is 4.30. The van der Waals surface area contributed by atoms with Gasteiger partial charge in [-0.1, -0.05) is 0 Å². The molecule has 0 aromatic carbocycles. The molecule has 2 aliphatic heterocycles. The van der Waals surface area contributed by atoms with Gasteiger partial charge in [-0.25, -0.2) is 18.7 Å². The van der Waals surface area contributed by atoms with E-state index in [0.717, 1.165) is 22.3 Å². The smallest absolute Gasteiger partial charge is 0.267 e. The largest absolute Gasteiger partial charge is 0.356 e. The Balaban J connectivity index is 1.52. The molecule has 0 aliphatic carbocycles. The Bertz CT molecular complexity index is 1000. The molecule has 144 valence electrons. The summed E-state index contributed by atoms with van der Waals surface area (Å²) in [5.74, 6) is -1.28. The van der Waals surface area contributed by atoms with E-state index in [1.54, 1.807) is 24.8 Å². The zero-order valence-electron chi connectivity index (χ0n) is 15.3. The lowest BCUT2D eigenvalue weighted by molar-refractivity contribution is -0.0940. The maximum Gasteiger partial charge on any atom is 0.267 e. The minimum atomic E-state index is -2.65. The molecule has 6 nitrogen and oxygen atoms in total. The molecule has 5 rings (SSSR count). The molecule has 0 amide bonds. The predicted octanol–water partition coefficient (Wildman–Crippen LogP) is 2.91. The third-order valence-electron chi connectivity index (χ3n) is 6.02. The number of anilines is 1. The molecule has 0 saturated carbocycles. The van der Waals surface area contributed by atoms with Crippen LogP contribution in [0.4, 0.5) is 14.6 Å². The molecule has 1 spiro atoms. The topological polar surface area (TPSA) is 66.8 Å². The average molecular weight is 382 g/mol. The number of hydrogen-bond acceptors (Lipinski definition) is 6. The summed E-state index contributed by atoms with van der Waals surface area (Å²) in [6.07, 6.45) is 7.70. The van der Waals surface area contributed by atoms with Gasteiger partial charge in [0, 0.05) is 49.2 Å². The van der Waals surface area contributed by atoms with Gasteiger partial charge in [-0.2, -0.15) is 0 Å². The number of piperidine rings is 1. The lowest BCUT2D eigenvalue weighted by atomic mass is 9.75. The number of aromatic nitrogens is 4. The molecule has 2 saturated heterocycles. The Labute approximate surface area is 161 Å². The van der Waals surface area contributed by atoms with Gasteiger partial charge in [-0.3, -0.25) is 9.97 Å². The lowest BCUT2D eigenvalue weighted by Gasteiger charge is -2.42. The Morgan fingerprint density at radius 1 is 0.929 bits per heavy atom. The van der Waals surface area contributed by atoms with E-state index in [-0.39, 0.29) is 6.54 Å². The number of pyridine rings is 2. The number of alkyl halides is 2. The van der Waals surface area contributed by atoms with E-state index in [2.05, 4.69) is 25.2 Å². The summed E-state index contributed by atoms with van der Waals surface area (Å²) in [7, 11) is 0. The Hall–Kier alpha value is -2.74. The van der Waals surface area contributed by atoms with Crippen LogP contribution in [0.5, 0.6) is 0 Å². The lowest BCUT2D eigenvalue weighted by Crippen LogP contribution is -2.49. The van der Waals surface area contributed by atoms with E-state index < -0.39 is 11.3 Å². The van der Waals surface area contributed by atoms with Crippen LogP contribution in [0.3, 0.4) is 0 Å². The maximum atomic E-state index is 14.4. The van der Waals surface area contributed by atoms with Gasteiger partial charge in [0.05, 0.1) is 23.7 Å². The van der Waals surface area contributed by atoms with Crippen molar-refractivity contribution in [2.24, 2.45) is 5.41 Å². The highest BCUT2D eigenvalue weighted by molar-refractivity contribution is 5.90. The standard InChI is InChI=1S/C20H20F2N6/c21-20(22)13-25-12-19(20)4-9-28(10-5-19)18-15-3-8-24-11-16(15)26-17(27-18)14-1-6-23-7-2-14/h1-3,6-8,11,25H,4-5,9-10,12-13H2. The van der Waals surface area contributed by atoms with Crippen molar-refractivity contribution in [2.75, 3.05) is 31.1 Å². The number of hydrogen-bond donors (Lipinski definition) is 1. The Kier molecular flexibility index (Phi) is 3.97. The summed E-state index contributed by atoms with van der Waals surface area (Å²) in [5, 5.41) is 3.77. The molecule has 3 aromatic rings. The quantitative estimate of drug-likeness (QED) is 0.735. The van der Waals surface area contributed by atoms with Crippen LogP contribution < -0.4 is 10.2 Å². The van der Waals surface area contributed by atoms with Crippen LogP contribution >= 0.6 is 0 Å². The van der Waals surface area contributed by atoms with Crippen LogP contribution in [0.15, 0.2) is 43.0 Å². The first kappa shape index (κ1) is 17.4. The molecule has 8 heteroatoms. The van der Waals surface area contributed by atoms with Crippen molar-refractivity contribution in [3.63, 3.8) is 0 Å². The molecule has 0 bridgehead atoms. The van der Waals surface area contributed by atoms with Crippen LogP contribution in [0.1, 0.15) is 12.8 Å². The van der Waals surface area contributed by atoms with Crippen molar-refractivity contribution in [3.05, 3.63) is 43.0 Å². The molecule has 1 N–H and O–H groups in total. The highest BCUT2D eigenvalue weighted by Gasteiger charge is 2.57. The van der Waals surface area contributed by atoms with Gasteiger partial charge in [-0.05, 0) is 31.0 Å². The van der Waals surface area contributed by atoms with E-state index in [1.165, 1.54) is 0 Å². The SMILES string of the molecule is FC1(F)CNCC12CCN(c1nc(-c3ccncc3)nc3cnccc13)CC2. The molecular weight excluding hydrogens is 362 g/mol. The summed E-state index contributed by atoms with van der Waals surface area (Å²) in [5.41, 5.74) is 0.663. The van der Waals surface area contributed by atoms with E-state index in [0.29, 0.717) is 38.3 Å². The van der Waals surface area contributed by atoms with Crippen molar-refractivity contribution in [3.8, 4) is 11.4 Å². The maximum absolute atomic E-state index is 14.4. The summed E-state index contributed by atoms with van der Waals surface area (Å²) >= 11 is 0. The molecule has 2 aliphatic rings. The summed E-state index contributed by atoms with van der Waals surface area (Å²) in [6.45, 7) is 1.24. The van der Waals surface area contributed by atoms with Gasteiger partial charge in [0.25, 0.3) is 5.92 Å². The fourth-order valence-corrected chi connectivity index (χ4v) is 4.30. The van der Waals surface area contributed by atoms with Crippen molar-refractivity contribution in [2.45, 2.75) is 18.8 Å². The zero-order valence-corrected chi connectivity index (χ0v) is 15.3. The molecule has 0 radical (unpaired) electrons. The molecule has 28 heavy (non-hydrogen) atoms. The van der Waals surface area contributed by atoms with Crippen molar-refractivity contribution in [1.29, 1.82) is 0 Å². The predicted molar refractivity (Wildman–Crippen MR) is 102 cm³/mol. The minimum Gasteiger partial charge on any atom is -0.356 e. The minimum absolute atomic E-state index is 0.221. The first-order chi connectivity index (χ1) is 13.6. The highest BCUT2D eigenvalue weighted by Crippen LogP contribution is 2.48. The van der Waals surface area contributed by atoms with Crippen LogP contribution in [0.25, 0.3) is 22.3 Å². The molecular formula is C20H20F2N6. The van der Waals surface area contributed by atoms with Crippen LogP contribution in [-0.2, 0) is 0 Å². The summed E-state index contributed by atoms with van der Waals surface area (Å²) in [6, 6.07) is 5.60. The number of rotatable bonds is 2. The van der Waals surface area contributed by atoms with Crippen LogP contribution in [0, 0.1) is 5.41 Å². The highest BCUT2D eigenvalue weighted by atomic mass is 19.3. The first-order valence-electron chi connectivity index (χ1n) is 9.44. The third-order valence-corrected chi connectivity index (χ3v) is 6.02. The third kappa shape index (κ3) is 2.71. The van der Waals surface area contributed by atoms with Gasteiger partial charge < -0.3 is 10.2 Å². The average Bonchev–Trinajstić information content (AvgIpc) is 3.02. The fraction of sp³-hybridized carbons (Fsp3) is 0.400. The first-order valence-corrected chi connectivity index (χ1v) is 9.44. The molecule has 2 fully saturated rings. The number of fused-ring (bicyclic) bond motifs is 1. The molecule has 0 atom stereocenters. The van der Waals surface area contributed by atoms with Gasteiger partial charge in [0.1, 0.15) is 5.82 Å². The normalized spacial score (nSPS) is 20.7. The number of nitrogens with one attached hydrogen (secondary N) is 1. The van der Waals surface area contributed by atoms with Crippen molar-refractivity contribution in [1.82, 2.24) is 25.3 Å². The van der Waals surface area contributed by atoms with Crippen molar-refractivity contribution < 1.29 is 8.78 Å². The van der Waals surface area contributed by atoms with E-state index in [1.807, 2.05) is 18.2 Å². The zero-order chi connectivity index (χ0) is 19.2. The second-order valence-electron chi connectivity index (χ2n) is 7.57. The van der Waals surface area contributed by atoms with E-state index in [4.69, 9.17) is 4.98 Å². The van der Waals surface area contributed by atoms with E-state index >= 15 is 0 Å². The van der Waals surface area contributed by atoms with Gasteiger partial charge in [-0.15, -0.1) is 0 Å². The second kappa shape index (κ2) is 6.41. The summed E-state index contributed by atoms with van der Waals surface area (Å²) < 4.78 is 28.9. The molecule has 5 heterocycles. The van der Waals surface area contributed by atoms with Crippen LogP contribution in [-0.4, -0.2) is 52.0 Å². The monoisotopic (exact) mass is 382 g/mol. The number of halogens is 2. The number of nitrogens with zero attached hydrogens (tertiary/aromatic N) is 5. The van der Waals surface area contributed by atoms with Gasteiger partial charge in [0.15, 0.2) is 5.82 Å². The Morgan fingerprint density at radius 2 is 1.68 bits per heavy atom. The van der Waals surface area contributed by atoms with E-state index in [9.17, 15) is 8.78 Å². The second-order valence-corrected chi connectivity index (χ2v) is 7.57. The molecule has 0 unspecified atom stereocenters. The summed E-state index contributed by atoms with van der Waals surface area (Å²) in [4.78, 5) is 19.8.